The lowest BCUT2D eigenvalue weighted by molar-refractivity contribution is -0.142. The van der Waals surface area contributed by atoms with Crippen LogP contribution < -0.4 is 0 Å². The lowest BCUT2D eigenvalue weighted by atomic mass is 9.94. The SMILES string of the molecule is CCCCCCCCCCCCCCCCCCCCCC(CCCCCCCCCCCC)C(=O)O. The van der Waals surface area contributed by atoms with Gasteiger partial charge in [-0.05, 0) is 12.8 Å². The maximum Gasteiger partial charge on any atom is 0.306 e. The Morgan fingerprint density at radius 1 is 0.378 bits per heavy atom. The summed E-state index contributed by atoms with van der Waals surface area (Å²) in [6.07, 6.45) is 41.4. The highest BCUT2D eigenvalue weighted by molar-refractivity contribution is 5.69. The summed E-state index contributed by atoms with van der Waals surface area (Å²) >= 11 is 0. The topological polar surface area (TPSA) is 37.3 Å². The molecule has 0 aliphatic rings. The average Bonchev–Trinajstić information content (AvgIpc) is 2.89. The largest absolute Gasteiger partial charge is 0.481 e. The van der Waals surface area contributed by atoms with Gasteiger partial charge in [0.25, 0.3) is 0 Å². The second-order valence-corrected chi connectivity index (χ2v) is 12.2. The second-order valence-electron chi connectivity index (χ2n) is 12.2. The lowest BCUT2D eigenvalue weighted by Gasteiger charge is -2.12. The molecule has 0 spiro atoms. The maximum absolute atomic E-state index is 11.6. The lowest BCUT2D eigenvalue weighted by Crippen LogP contribution is -2.13. The quantitative estimate of drug-likeness (QED) is 0.0892. The van der Waals surface area contributed by atoms with Crippen molar-refractivity contribution in [1.29, 1.82) is 0 Å². The molecule has 0 saturated carbocycles. The highest BCUT2D eigenvalue weighted by Gasteiger charge is 2.16. The van der Waals surface area contributed by atoms with E-state index < -0.39 is 5.97 Å². The minimum atomic E-state index is -0.557. The van der Waals surface area contributed by atoms with E-state index in [9.17, 15) is 9.90 Å². The molecule has 0 heterocycles. The monoisotopic (exact) mass is 523 g/mol. The highest BCUT2D eigenvalue weighted by atomic mass is 16.4. The molecule has 0 aliphatic carbocycles. The Kier molecular flexibility index (Phi) is 31.2. The van der Waals surface area contributed by atoms with Crippen molar-refractivity contribution in [1.82, 2.24) is 0 Å². The number of rotatable bonds is 32. The average molecular weight is 523 g/mol. The Morgan fingerprint density at radius 3 is 0.757 bits per heavy atom. The number of carboxylic acid groups (broad SMARTS) is 1. The Labute approximate surface area is 234 Å². The Hall–Kier alpha value is -0.530. The number of unbranched alkanes of at least 4 members (excludes halogenated alkanes) is 27. The first kappa shape index (κ1) is 36.5. The third-order valence-corrected chi connectivity index (χ3v) is 8.41. The van der Waals surface area contributed by atoms with E-state index in [4.69, 9.17) is 0 Å². The van der Waals surface area contributed by atoms with Crippen molar-refractivity contribution in [3.05, 3.63) is 0 Å². The first-order chi connectivity index (χ1) is 18.2. The predicted molar refractivity (Wildman–Crippen MR) is 166 cm³/mol. The van der Waals surface area contributed by atoms with Crippen LogP contribution in [-0.2, 0) is 4.79 Å². The fourth-order valence-electron chi connectivity index (χ4n) is 5.74. The van der Waals surface area contributed by atoms with Gasteiger partial charge in [0.15, 0.2) is 0 Å². The van der Waals surface area contributed by atoms with E-state index in [2.05, 4.69) is 13.8 Å². The molecule has 2 heteroatoms. The predicted octanol–water partition coefficient (Wildman–Crippen LogP) is 12.8. The molecule has 0 aliphatic heterocycles. The number of aliphatic carboxylic acids is 1. The Balaban J connectivity index is 3.35. The van der Waals surface area contributed by atoms with Crippen LogP contribution in [0.3, 0.4) is 0 Å². The molecule has 0 aromatic carbocycles. The summed E-state index contributed by atoms with van der Waals surface area (Å²) < 4.78 is 0. The molecule has 0 radical (unpaired) electrons. The third-order valence-electron chi connectivity index (χ3n) is 8.41. The fraction of sp³-hybridized carbons (Fsp3) is 0.971. The van der Waals surface area contributed by atoms with Gasteiger partial charge in [-0.15, -0.1) is 0 Å². The molecule has 0 aromatic heterocycles. The summed E-state index contributed by atoms with van der Waals surface area (Å²) in [5, 5.41) is 9.57. The maximum atomic E-state index is 11.6. The van der Waals surface area contributed by atoms with Crippen LogP contribution in [0.15, 0.2) is 0 Å². The zero-order valence-corrected chi connectivity index (χ0v) is 25.9. The minimum Gasteiger partial charge on any atom is -0.481 e. The van der Waals surface area contributed by atoms with Gasteiger partial charge >= 0.3 is 5.97 Å². The van der Waals surface area contributed by atoms with E-state index in [0.29, 0.717) is 0 Å². The van der Waals surface area contributed by atoms with Gasteiger partial charge in [-0.3, -0.25) is 4.79 Å². The zero-order valence-electron chi connectivity index (χ0n) is 25.9. The van der Waals surface area contributed by atoms with Crippen molar-refractivity contribution in [2.45, 2.75) is 213 Å². The molecular weight excluding hydrogens is 452 g/mol. The number of carbonyl (C=O) groups is 1. The van der Waals surface area contributed by atoms with Crippen LogP contribution >= 0.6 is 0 Å². The van der Waals surface area contributed by atoms with E-state index in [1.165, 1.54) is 173 Å². The highest BCUT2D eigenvalue weighted by Crippen LogP contribution is 2.20. The van der Waals surface area contributed by atoms with Gasteiger partial charge in [0.05, 0.1) is 5.92 Å². The molecule has 0 bridgehead atoms. The number of hydrogen-bond acceptors (Lipinski definition) is 1. The smallest absolute Gasteiger partial charge is 0.306 e. The van der Waals surface area contributed by atoms with Crippen LogP contribution in [0, 0.1) is 5.92 Å². The molecule has 2 nitrogen and oxygen atoms in total. The molecule has 1 atom stereocenters. The van der Waals surface area contributed by atoms with E-state index >= 15 is 0 Å². The number of carboxylic acids is 1. The van der Waals surface area contributed by atoms with Crippen LogP contribution in [0.25, 0.3) is 0 Å². The van der Waals surface area contributed by atoms with E-state index in [1.54, 1.807) is 0 Å². The summed E-state index contributed by atoms with van der Waals surface area (Å²) in [5.74, 6) is -0.654. The van der Waals surface area contributed by atoms with Gasteiger partial charge in [-0.2, -0.15) is 0 Å². The van der Waals surface area contributed by atoms with Crippen LogP contribution in [0.1, 0.15) is 213 Å². The van der Waals surface area contributed by atoms with Crippen molar-refractivity contribution in [3.8, 4) is 0 Å². The van der Waals surface area contributed by atoms with Crippen molar-refractivity contribution >= 4 is 5.97 Å². The van der Waals surface area contributed by atoms with Gasteiger partial charge in [-0.25, -0.2) is 0 Å². The van der Waals surface area contributed by atoms with Crippen molar-refractivity contribution in [3.63, 3.8) is 0 Å². The molecular formula is C35H70O2. The van der Waals surface area contributed by atoms with Crippen LogP contribution in [0.5, 0.6) is 0 Å². The van der Waals surface area contributed by atoms with E-state index in [-0.39, 0.29) is 5.92 Å². The Morgan fingerprint density at radius 2 is 0.568 bits per heavy atom. The fourth-order valence-corrected chi connectivity index (χ4v) is 5.74. The van der Waals surface area contributed by atoms with Gasteiger partial charge < -0.3 is 5.11 Å². The van der Waals surface area contributed by atoms with Gasteiger partial charge in [0, 0.05) is 0 Å². The minimum absolute atomic E-state index is 0.0974. The molecule has 0 amide bonds. The third kappa shape index (κ3) is 29.9. The normalized spacial score (nSPS) is 12.3. The first-order valence-corrected chi connectivity index (χ1v) is 17.4. The zero-order chi connectivity index (χ0) is 27.1. The van der Waals surface area contributed by atoms with Crippen molar-refractivity contribution < 1.29 is 9.90 Å². The van der Waals surface area contributed by atoms with Gasteiger partial charge in [0.1, 0.15) is 0 Å². The summed E-state index contributed by atoms with van der Waals surface area (Å²) in [7, 11) is 0. The molecule has 1 unspecified atom stereocenters. The van der Waals surface area contributed by atoms with Crippen LogP contribution in [0.2, 0.25) is 0 Å². The summed E-state index contributed by atoms with van der Waals surface area (Å²) in [6, 6.07) is 0. The molecule has 37 heavy (non-hydrogen) atoms. The summed E-state index contributed by atoms with van der Waals surface area (Å²) in [6.45, 7) is 4.56. The van der Waals surface area contributed by atoms with E-state index in [0.717, 1.165) is 25.7 Å². The van der Waals surface area contributed by atoms with Gasteiger partial charge in [0.2, 0.25) is 0 Å². The van der Waals surface area contributed by atoms with Crippen molar-refractivity contribution in [2.75, 3.05) is 0 Å². The first-order valence-electron chi connectivity index (χ1n) is 17.4. The standard InChI is InChI=1S/C35H70O2/c1-3-5-7-9-11-13-15-16-17-18-19-20-21-22-23-25-27-29-31-33-34(35(36)37)32-30-28-26-24-14-12-10-8-6-4-2/h34H,3-33H2,1-2H3,(H,36,37). The van der Waals surface area contributed by atoms with Gasteiger partial charge in [-0.1, -0.05) is 200 Å². The summed E-state index contributed by atoms with van der Waals surface area (Å²) in [4.78, 5) is 11.6. The molecule has 0 aromatic rings. The Bertz CT molecular complexity index is 433. The molecule has 0 fully saturated rings. The molecule has 0 rings (SSSR count). The molecule has 1 N–H and O–H groups in total. The van der Waals surface area contributed by atoms with E-state index in [1.807, 2.05) is 0 Å². The van der Waals surface area contributed by atoms with Crippen LogP contribution in [0.4, 0.5) is 0 Å². The molecule has 0 saturated heterocycles. The summed E-state index contributed by atoms with van der Waals surface area (Å²) in [5.41, 5.74) is 0. The van der Waals surface area contributed by atoms with Crippen LogP contribution in [-0.4, -0.2) is 11.1 Å². The van der Waals surface area contributed by atoms with Crippen molar-refractivity contribution in [2.24, 2.45) is 5.92 Å². The second kappa shape index (κ2) is 31.7. The number of hydrogen-bond donors (Lipinski definition) is 1. The molecule has 222 valence electrons.